The lowest BCUT2D eigenvalue weighted by molar-refractivity contribution is -0.0817. The molecule has 0 aliphatic carbocycles. The SMILES string of the molecule is CCCCCC(CC)N1CC(C)OC(C)C1. The van der Waals surface area contributed by atoms with Crippen molar-refractivity contribution >= 4 is 0 Å². The molecule has 2 nitrogen and oxygen atoms in total. The van der Waals surface area contributed by atoms with Gasteiger partial charge in [0.1, 0.15) is 0 Å². The van der Waals surface area contributed by atoms with Crippen LogP contribution in [0.2, 0.25) is 0 Å². The van der Waals surface area contributed by atoms with E-state index in [2.05, 4.69) is 32.6 Å². The lowest BCUT2D eigenvalue weighted by Crippen LogP contribution is -2.49. The van der Waals surface area contributed by atoms with E-state index in [4.69, 9.17) is 4.74 Å². The Bertz CT molecular complexity index is 174. The smallest absolute Gasteiger partial charge is 0.0678 e. The van der Waals surface area contributed by atoms with Gasteiger partial charge in [-0.1, -0.05) is 33.1 Å². The quantitative estimate of drug-likeness (QED) is 0.644. The molecule has 96 valence electrons. The van der Waals surface area contributed by atoms with Crippen LogP contribution in [0.5, 0.6) is 0 Å². The second kappa shape index (κ2) is 7.29. The molecule has 1 heterocycles. The molecule has 0 saturated carbocycles. The van der Waals surface area contributed by atoms with Crippen molar-refractivity contribution in [3.63, 3.8) is 0 Å². The number of ether oxygens (including phenoxy) is 1. The molecule has 2 heteroatoms. The number of hydrogen-bond acceptors (Lipinski definition) is 2. The van der Waals surface area contributed by atoms with Crippen LogP contribution in [0.1, 0.15) is 59.8 Å². The first kappa shape index (κ1) is 14.0. The summed E-state index contributed by atoms with van der Waals surface area (Å²) < 4.78 is 5.80. The molecule has 0 aromatic heterocycles. The zero-order chi connectivity index (χ0) is 12.0. The minimum atomic E-state index is 0.406. The highest BCUT2D eigenvalue weighted by molar-refractivity contribution is 4.79. The molecule has 1 fully saturated rings. The van der Waals surface area contributed by atoms with Crippen molar-refractivity contribution in [3.8, 4) is 0 Å². The van der Waals surface area contributed by atoms with Gasteiger partial charge in [-0.2, -0.15) is 0 Å². The third kappa shape index (κ3) is 4.42. The average Bonchev–Trinajstić information content (AvgIpc) is 2.23. The molecule has 0 N–H and O–H groups in total. The minimum Gasteiger partial charge on any atom is -0.373 e. The van der Waals surface area contributed by atoms with Crippen LogP contribution in [0.4, 0.5) is 0 Å². The highest BCUT2D eigenvalue weighted by atomic mass is 16.5. The fourth-order valence-corrected chi connectivity index (χ4v) is 2.79. The Labute approximate surface area is 101 Å². The van der Waals surface area contributed by atoms with Gasteiger partial charge in [0.05, 0.1) is 12.2 Å². The Morgan fingerprint density at radius 3 is 2.25 bits per heavy atom. The largest absolute Gasteiger partial charge is 0.373 e. The van der Waals surface area contributed by atoms with Gasteiger partial charge in [0.25, 0.3) is 0 Å². The maximum absolute atomic E-state index is 5.80. The lowest BCUT2D eigenvalue weighted by atomic mass is 10.0. The van der Waals surface area contributed by atoms with Gasteiger partial charge < -0.3 is 4.74 Å². The summed E-state index contributed by atoms with van der Waals surface area (Å²) in [4.78, 5) is 2.65. The summed E-state index contributed by atoms with van der Waals surface area (Å²) in [5.41, 5.74) is 0. The maximum Gasteiger partial charge on any atom is 0.0678 e. The summed E-state index contributed by atoms with van der Waals surface area (Å²) in [5, 5.41) is 0. The number of nitrogens with zero attached hydrogens (tertiary/aromatic N) is 1. The van der Waals surface area contributed by atoms with E-state index in [0.717, 1.165) is 19.1 Å². The van der Waals surface area contributed by atoms with Crippen molar-refractivity contribution in [3.05, 3.63) is 0 Å². The molecule has 0 spiro atoms. The maximum atomic E-state index is 5.80. The normalized spacial score (nSPS) is 29.2. The standard InChI is InChI=1S/C14H29NO/c1-5-7-8-9-14(6-2)15-10-12(3)16-13(4)11-15/h12-14H,5-11H2,1-4H3. The van der Waals surface area contributed by atoms with E-state index in [1.807, 2.05) is 0 Å². The number of hydrogen-bond donors (Lipinski definition) is 0. The fraction of sp³-hybridized carbons (Fsp3) is 1.00. The molecule has 1 aliphatic rings. The monoisotopic (exact) mass is 227 g/mol. The molecule has 0 amide bonds. The zero-order valence-corrected chi connectivity index (χ0v) is 11.5. The van der Waals surface area contributed by atoms with Gasteiger partial charge in [-0.05, 0) is 26.7 Å². The molecule has 16 heavy (non-hydrogen) atoms. The van der Waals surface area contributed by atoms with Crippen LogP contribution in [0.25, 0.3) is 0 Å². The van der Waals surface area contributed by atoms with Crippen LogP contribution < -0.4 is 0 Å². The first-order valence-electron chi connectivity index (χ1n) is 7.06. The van der Waals surface area contributed by atoms with Crippen molar-refractivity contribution in [1.82, 2.24) is 4.90 Å². The van der Waals surface area contributed by atoms with Crippen LogP contribution in [0.3, 0.4) is 0 Å². The van der Waals surface area contributed by atoms with Gasteiger partial charge in [0, 0.05) is 19.1 Å². The van der Waals surface area contributed by atoms with Gasteiger partial charge in [-0.3, -0.25) is 4.90 Å². The first-order chi connectivity index (χ1) is 7.67. The number of unbranched alkanes of at least 4 members (excludes halogenated alkanes) is 2. The molecule has 1 aliphatic heterocycles. The van der Waals surface area contributed by atoms with E-state index >= 15 is 0 Å². The van der Waals surface area contributed by atoms with Crippen LogP contribution >= 0.6 is 0 Å². The van der Waals surface area contributed by atoms with E-state index < -0.39 is 0 Å². The third-order valence-corrected chi connectivity index (χ3v) is 3.58. The molecule has 0 bridgehead atoms. The summed E-state index contributed by atoms with van der Waals surface area (Å²) in [5.74, 6) is 0. The zero-order valence-electron chi connectivity index (χ0n) is 11.5. The second-order valence-corrected chi connectivity index (χ2v) is 5.27. The molecule has 0 aromatic rings. The lowest BCUT2D eigenvalue weighted by Gasteiger charge is -2.40. The highest BCUT2D eigenvalue weighted by Crippen LogP contribution is 2.19. The Morgan fingerprint density at radius 1 is 1.12 bits per heavy atom. The molecule has 0 radical (unpaired) electrons. The summed E-state index contributed by atoms with van der Waals surface area (Å²) >= 11 is 0. The highest BCUT2D eigenvalue weighted by Gasteiger charge is 2.26. The Kier molecular flexibility index (Phi) is 6.37. The molecular formula is C14H29NO. The number of morpholine rings is 1. The Morgan fingerprint density at radius 2 is 1.75 bits per heavy atom. The molecule has 3 unspecified atom stereocenters. The summed E-state index contributed by atoms with van der Waals surface area (Å²) in [6.45, 7) is 11.2. The topological polar surface area (TPSA) is 12.5 Å². The van der Waals surface area contributed by atoms with E-state index in [1.165, 1.54) is 32.1 Å². The van der Waals surface area contributed by atoms with Crippen molar-refractivity contribution in [2.45, 2.75) is 78.0 Å². The van der Waals surface area contributed by atoms with E-state index in [1.54, 1.807) is 0 Å². The fourth-order valence-electron chi connectivity index (χ4n) is 2.79. The predicted octanol–water partition coefficient (Wildman–Crippen LogP) is 3.45. The Hall–Kier alpha value is -0.0800. The van der Waals surface area contributed by atoms with Crippen molar-refractivity contribution in [2.24, 2.45) is 0 Å². The predicted molar refractivity (Wildman–Crippen MR) is 69.8 cm³/mol. The van der Waals surface area contributed by atoms with Crippen molar-refractivity contribution in [1.29, 1.82) is 0 Å². The summed E-state index contributed by atoms with van der Waals surface area (Å²) in [7, 11) is 0. The van der Waals surface area contributed by atoms with Gasteiger partial charge in [0.2, 0.25) is 0 Å². The van der Waals surface area contributed by atoms with Crippen LogP contribution in [0.15, 0.2) is 0 Å². The van der Waals surface area contributed by atoms with E-state index in [9.17, 15) is 0 Å². The van der Waals surface area contributed by atoms with Gasteiger partial charge in [-0.15, -0.1) is 0 Å². The third-order valence-electron chi connectivity index (χ3n) is 3.58. The minimum absolute atomic E-state index is 0.406. The molecule has 1 saturated heterocycles. The second-order valence-electron chi connectivity index (χ2n) is 5.27. The molecule has 3 atom stereocenters. The van der Waals surface area contributed by atoms with Crippen LogP contribution in [-0.4, -0.2) is 36.2 Å². The molecule has 0 aromatic carbocycles. The van der Waals surface area contributed by atoms with Crippen LogP contribution in [-0.2, 0) is 4.74 Å². The summed E-state index contributed by atoms with van der Waals surface area (Å²) in [6, 6.07) is 0.778. The van der Waals surface area contributed by atoms with Gasteiger partial charge in [-0.25, -0.2) is 0 Å². The van der Waals surface area contributed by atoms with Crippen molar-refractivity contribution < 1.29 is 4.74 Å². The van der Waals surface area contributed by atoms with E-state index in [-0.39, 0.29) is 0 Å². The summed E-state index contributed by atoms with van der Waals surface area (Å²) in [6.07, 6.45) is 7.55. The van der Waals surface area contributed by atoms with E-state index in [0.29, 0.717) is 12.2 Å². The number of rotatable bonds is 6. The van der Waals surface area contributed by atoms with Crippen molar-refractivity contribution in [2.75, 3.05) is 13.1 Å². The van der Waals surface area contributed by atoms with Gasteiger partial charge >= 0.3 is 0 Å². The average molecular weight is 227 g/mol. The molecular weight excluding hydrogens is 198 g/mol. The Balaban J connectivity index is 2.38. The van der Waals surface area contributed by atoms with Crippen LogP contribution in [0, 0.1) is 0 Å². The van der Waals surface area contributed by atoms with Gasteiger partial charge in [0.15, 0.2) is 0 Å². The molecule has 1 rings (SSSR count). The first-order valence-corrected chi connectivity index (χ1v) is 7.06.